The van der Waals surface area contributed by atoms with Crippen molar-refractivity contribution in [1.29, 1.82) is 0 Å². The third-order valence-corrected chi connectivity index (χ3v) is 5.29. The van der Waals surface area contributed by atoms with Gasteiger partial charge < -0.3 is 15.0 Å². The number of piperidine rings is 1. The van der Waals surface area contributed by atoms with Crippen LogP contribution in [0.1, 0.15) is 52.0 Å². The van der Waals surface area contributed by atoms with Crippen molar-refractivity contribution in [2.75, 3.05) is 26.2 Å². The lowest BCUT2D eigenvalue weighted by atomic mass is 9.86. The molecule has 1 amide bonds. The van der Waals surface area contributed by atoms with Gasteiger partial charge in [-0.15, -0.1) is 12.4 Å². The molecule has 1 N–H and O–H groups in total. The minimum atomic E-state index is 0. The number of amides is 1. The van der Waals surface area contributed by atoms with E-state index in [9.17, 15) is 4.79 Å². The highest BCUT2D eigenvalue weighted by atomic mass is 35.5. The molecule has 2 aliphatic rings. The van der Waals surface area contributed by atoms with E-state index in [2.05, 4.69) is 32.2 Å². The predicted octanol–water partition coefficient (Wildman–Crippen LogP) is 3.78. The molecule has 146 valence electrons. The number of carbonyl (C=O) groups excluding carboxylic acids is 1. The molecule has 0 unspecified atom stereocenters. The number of rotatable bonds is 6. The molecule has 26 heavy (non-hydrogen) atoms. The van der Waals surface area contributed by atoms with Crippen LogP contribution in [0.3, 0.4) is 0 Å². The van der Waals surface area contributed by atoms with E-state index in [1.54, 1.807) is 0 Å². The second kappa shape index (κ2) is 9.09. The first-order chi connectivity index (χ1) is 11.9. The number of carbonyl (C=O) groups is 1. The van der Waals surface area contributed by atoms with Crippen molar-refractivity contribution in [1.82, 2.24) is 10.2 Å². The molecular weight excluding hydrogens is 348 g/mol. The molecule has 1 aromatic carbocycles. The van der Waals surface area contributed by atoms with Crippen molar-refractivity contribution in [2.24, 2.45) is 5.92 Å². The van der Waals surface area contributed by atoms with Gasteiger partial charge >= 0.3 is 0 Å². The van der Waals surface area contributed by atoms with Gasteiger partial charge in [0, 0.05) is 19.1 Å². The molecule has 1 saturated heterocycles. The number of likely N-dealkylation sites (tertiary alicyclic amines) is 1. The maximum atomic E-state index is 12.5. The van der Waals surface area contributed by atoms with Gasteiger partial charge in [-0.3, -0.25) is 4.79 Å². The fraction of sp³-hybridized carbons (Fsp3) is 0.667. The molecular formula is C21H33ClN2O2. The van der Waals surface area contributed by atoms with E-state index < -0.39 is 0 Å². The fourth-order valence-electron chi connectivity index (χ4n) is 3.43. The average molecular weight is 381 g/mol. The molecule has 2 fully saturated rings. The van der Waals surface area contributed by atoms with Crippen molar-refractivity contribution in [2.45, 2.75) is 57.9 Å². The minimum Gasteiger partial charge on any atom is -0.483 e. The first kappa shape index (κ1) is 21.0. The van der Waals surface area contributed by atoms with Gasteiger partial charge in [0.15, 0.2) is 6.61 Å². The summed E-state index contributed by atoms with van der Waals surface area (Å²) in [7, 11) is 0. The van der Waals surface area contributed by atoms with Gasteiger partial charge in [-0.25, -0.2) is 0 Å². The van der Waals surface area contributed by atoms with Crippen LogP contribution in [0.25, 0.3) is 0 Å². The van der Waals surface area contributed by atoms with Crippen molar-refractivity contribution < 1.29 is 9.53 Å². The number of benzene rings is 1. The van der Waals surface area contributed by atoms with Crippen LogP contribution in [0.15, 0.2) is 24.3 Å². The zero-order valence-electron chi connectivity index (χ0n) is 16.3. The van der Waals surface area contributed by atoms with Crippen LogP contribution >= 0.6 is 12.4 Å². The highest BCUT2D eigenvalue weighted by molar-refractivity contribution is 5.85. The van der Waals surface area contributed by atoms with Gasteiger partial charge in [0.05, 0.1) is 0 Å². The van der Waals surface area contributed by atoms with Crippen molar-refractivity contribution in [3.05, 3.63) is 29.8 Å². The Kier molecular flexibility index (Phi) is 7.36. The molecule has 1 aliphatic carbocycles. The molecule has 1 heterocycles. The van der Waals surface area contributed by atoms with E-state index in [1.165, 1.54) is 12.8 Å². The van der Waals surface area contributed by atoms with E-state index >= 15 is 0 Å². The van der Waals surface area contributed by atoms with Crippen molar-refractivity contribution in [3.63, 3.8) is 0 Å². The van der Waals surface area contributed by atoms with E-state index in [0.717, 1.165) is 49.7 Å². The monoisotopic (exact) mass is 380 g/mol. The molecule has 3 rings (SSSR count). The summed E-state index contributed by atoms with van der Waals surface area (Å²) in [5.41, 5.74) is 1.15. The molecule has 1 aromatic rings. The van der Waals surface area contributed by atoms with Gasteiger partial charge in [-0.05, 0) is 55.2 Å². The summed E-state index contributed by atoms with van der Waals surface area (Å²) in [4.78, 5) is 14.4. The summed E-state index contributed by atoms with van der Waals surface area (Å²) in [6, 6.07) is 8.60. The summed E-state index contributed by atoms with van der Waals surface area (Å²) < 4.78 is 5.89. The number of hydrogen-bond acceptors (Lipinski definition) is 3. The maximum absolute atomic E-state index is 12.5. The Hall–Kier alpha value is -1.26. The number of ether oxygens (including phenoxy) is 1. The maximum Gasteiger partial charge on any atom is 0.260 e. The molecule has 0 aromatic heterocycles. The Bertz CT molecular complexity index is 588. The van der Waals surface area contributed by atoms with Gasteiger partial charge in [-0.1, -0.05) is 39.0 Å². The first-order valence-electron chi connectivity index (χ1n) is 9.67. The molecule has 1 aliphatic heterocycles. The normalized spacial score (nSPS) is 18.3. The number of nitrogens with one attached hydrogen (secondary N) is 1. The van der Waals surface area contributed by atoms with Gasteiger partial charge in [0.2, 0.25) is 0 Å². The zero-order chi connectivity index (χ0) is 17.9. The lowest BCUT2D eigenvalue weighted by molar-refractivity contribution is -0.134. The molecule has 4 nitrogen and oxygen atoms in total. The summed E-state index contributed by atoms with van der Waals surface area (Å²) in [5, 5.41) is 3.66. The molecule has 5 heteroatoms. The van der Waals surface area contributed by atoms with Crippen LogP contribution in [0.4, 0.5) is 0 Å². The quantitative estimate of drug-likeness (QED) is 0.816. The Morgan fingerprint density at radius 1 is 1.15 bits per heavy atom. The second-order valence-electron chi connectivity index (χ2n) is 8.54. The average Bonchev–Trinajstić information content (AvgIpc) is 3.42. The number of hydrogen-bond donors (Lipinski definition) is 1. The lowest BCUT2D eigenvalue weighted by Gasteiger charge is -2.32. The lowest BCUT2D eigenvalue weighted by Crippen LogP contribution is -2.46. The molecule has 1 saturated carbocycles. The Morgan fingerprint density at radius 3 is 2.42 bits per heavy atom. The fourth-order valence-corrected chi connectivity index (χ4v) is 3.43. The smallest absolute Gasteiger partial charge is 0.260 e. The largest absolute Gasteiger partial charge is 0.483 e. The summed E-state index contributed by atoms with van der Waals surface area (Å²) in [6.07, 6.45) is 4.88. The van der Waals surface area contributed by atoms with Crippen LogP contribution in [0, 0.1) is 5.92 Å². The molecule has 0 bridgehead atoms. The Morgan fingerprint density at radius 2 is 1.81 bits per heavy atom. The zero-order valence-corrected chi connectivity index (χ0v) is 17.1. The van der Waals surface area contributed by atoms with Crippen molar-refractivity contribution in [3.8, 4) is 5.75 Å². The molecule has 0 radical (unpaired) electrons. The highest BCUT2D eigenvalue weighted by Crippen LogP contribution is 2.31. The van der Waals surface area contributed by atoms with Crippen LogP contribution in [0.2, 0.25) is 0 Å². The molecule has 0 atom stereocenters. The standard InChI is InChI=1S/C21H32N2O2.ClH/c1-21(2,3)18-6-4-5-7-19(18)25-15-20(24)23-12-10-17(11-13-23)22-14-16-8-9-16;/h4-7,16-17,22H,8-15H2,1-3H3;1H. The highest BCUT2D eigenvalue weighted by Gasteiger charge is 2.26. The van der Waals surface area contributed by atoms with E-state index in [4.69, 9.17) is 4.74 Å². The van der Waals surface area contributed by atoms with Crippen LogP contribution < -0.4 is 10.1 Å². The topological polar surface area (TPSA) is 41.6 Å². The van der Waals surface area contributed by atoms with E-state index in [-0.39, 0.29) is 30.3 Å². The van der Waals surface area contributed by atoms with Crippen LogP contribution in [0.5, 0.6) is 5.75 Å². The third kappa shape index (κ3) is 5.88. The SMILES string of the molecule is CC(C)(C)c1ccccc1OCC(=O)N1CCC(NCC2CC2)CC1.Cl. The Labute approximate surface area is 164 Å². The van der Waals surface area contributed by atoms with Gasteiger partial charge in [0.1, 0.15) is 5.75 Å². The first-order valence-corrected chi connectivity index (χ1v) is 9.67. The minimum absolute atomic E-state index is 0. The summed E-state index contributed by atoms with van der Waals surface area (Å²) in [6.45, 7) is 9.46. The van der Waals surface area contributed by atoms with Crippen LogP contribution in [-0.2, 0) is 10.2 Å². The van der Waals surface area contributed by atoms with Crippen molar-refractivity contribution >= 4 is 18.3 Å². The molecule has 0 spiro atoms. The summed E-state index contributed by atoms with van der Waals surface area (Å²) >= 11 is 0. The Balaban J connectivity index is 0.00000243. The van der Waals surface area contributed by atoms with E-state index in [1.807, 2.05) is 23.1 Å². The number of halogens is 1. The number of nitrogens with zero attached hydrogens (tertiary/aromatic N) is 1. The van der Waals surface area contributed by atoms with E-state index in [0.29, 0.717) is 6.04 Å². The van der Waals surface area contributed by atoms with Gasteiger partial charge in [-0.2, -0.15) is 0 Å². The summed E-state index contributed by atoms with van der Waals surface area (Å²) in [5.74, 6) is 1.84. The second-order valence-corrected chi connectivity index (χ2v) is 8.54. The third-order valence-electron chi connectivity index (χ3n) is 5.29. The van der Waals surface area contributed by atoms with Crippen LogP contribution in [-0.4, -0.2) is 43.1 Å². The van der Waals surface area contributed by atoms with Gasteiger partial charge in [0.25, 0.3) is 5.91 Å². The predicted molar refractivity (Wildman–Crippen MR) is 108 cm³/mol. The number of para-hydroxylation sites is 1.